The van der Waals surface area contributed by atoms with Gasteiger partial charge in [0.05, 0.1) is 0 Å². The molecule has 22 heavy (non-hydrogen) atoms. The second kappa shape index (κ2) is 8.95. The Morgan fingerprint density at radius 3 is 2.64 bits per heavy atom. The second-order valence-electron chi connectivity index (χ2n) is 4.75. The van der Waals surface area contributed by atoms with Crippen LogP contribution in [0.4, 0.5) is 4.79 Å². The lowest BCUT2D eigenvalue weighted by atomic mass is 10.1. The Kier molecular flexibility index (Phi) is 6.58. The van der Waals surface area contributed by atoms with E-state index in [1.807, 2.05) is 60.7 Å². The van der Waals surface area contributed by atoms with Crippen molar-refractivity contribution in [1.82, 2.24) is 5.32 Å². The predicted octanol–water partition coefficient (Wildman–Crippen LogP) is 4.06. The molecule has 0 saturated carbocycles. The van der Waals surface area contributed by atoms with Crippen LogP contribution in [0, 0.1) is 0 Å². The number of hydrogen-bond acceptors (Lipinski definition) is 3. The second-order valence-corrected chi connectivity index (χ2v) is 5.06. The van der Waals surface area contributed by atoms with E-state index < -0.39 is 6.09 Å². The van der Waals surface area contributed by atoms with E-state index in [2.05, 4.69) is 24.0 Å². The van der Waals surface area contributed by atoms with Crippen LogP contribution in [0.25, 0.3) is 6.08 Å². The Hall–Kier alpha value is -2.20. The van der Waals surface area contributed by atoms with Gasteiger partial charge in [-0.3, -0.25) is 0 Å². The molecule has 0 aliphatic heterocycles. The molecule has 2 aromatic carbocycles. The summed E-state index contributed by atoms with van der Waals surface area (Å²) >= 11 is 4.25. The molecule has 3 nitrogen and oxygen atoms in total. The maximum atomic E-state index is 11.6. The van der Waals surface area contributed by atoms with Crippen LogP contribution < -0.4 is 5.32 Å². The van der Waals surface area contributed by atoms with Crippen LogP contribution in [0.3, 0.4) is 0 Å². The first-order chi connectivity index (χ1) is 10.8. The smallest absolute Gasteiger partial charge is 0.407 e. The number of ether oxygens (including phenoxy) is 1. The van der Waals surface area contributed by atoms with Gasteiger partial charge in [0.25, 0.3) is 0 Å². The van der Waals surface area contributed by atoms with Gasteiger partial charge >= 0.3 is 6.09 Å². The van der Waals surface area contributed by atoms with Crippen molar-refractivity contribution in [2.45, 2.75) is 12.4 Å². The average Bonchev–Trinajstić information content (AvgIpc) is 2.58. The number of thiol groups is 1. The summed E-state index contributed by atoms with van der Waals surface area (Å²) in [4.78, 5) is 11.6. The van der Waals surface area contributed by atoms with Gasteiger partial charge in [-0.1, -0.05) is 66.7 Å². The zero-order chi connectivity index (χ0) is 15.6. The summed E-state index contributed by atoms with van der Waals surface area (Å²) < 4.78 is 5.12. The molecule has 1 N–H and O–H groups in total. The third kappa shape index (κ3) is 5.66. The quantitative estimate of drug-likeness (QED) is 0.789. The molecule has 0 heterocycles. The van der Waals surface area contributed by atoms with Crippen LogP contribution in [-0.4, -0.2) is 12.6 Å². The fourth-order valence-corrected chi connectivity index (χ4v) is 2.10. The van der Waals surface area contributed by atoms with E-state index in [0.717, 1.165) is 11.1 Å². The zero-order valence-electron chi connectivity index (χ0n) is 12.2. The summed E-state index contributed by atoms with van der Waals surface area (Å²) in [7, 11) is 0. The average molecular weight is 313 g/mol. The van der Waals surface area contributed by atoms with Crippen molar-refractivity contribution in [3.05, 3.63) is 77.4 Å². The van der Waals surface area contributed by atoms with Crippen LogP contribution >= 0.6 is 12.6 Å². The van der Waals surface area contributed by atoms with Gasteiger partial charge in [-0.25, -0.2) is 4.79 Å². The topological polar surface area (TPSA) is 38.3 Å². The first-order valence-electron chi connectivity index (χ1n) is 7.09. The fourth-order valence-electron chi connectivity index (χ4n) is 1.91. The summed E-state index contributed by atoms with van der Waals surface area (Å²) in [6.45, 7) is 0.707. The van der Waals surface area contributed by atoms with E-state index in [9.17, 15) is 4.79 Å². The summed E-state index contributed by atoms with van der Waals surface area (Å²) in [5.74, 6) is 0.714. The summed E-state index contributed by atoms with van der Waals surface area (Å²) in [6.07, 6.45) is 3.43. The molecule has 0 aliphatic carbocycles. The normalized spacial score (nSPS) is 10.6. The number of benzene rings is 2. The molecule has 0 fully saturated rings. The maximum Gasteiger partial charge on any atom is 0.407 e. The highest BCUT2D eigenvalue weighted by Crippen LogP contribution is 2.08. The monoisotopic (exact) mass is 313 g/mol. The van der Waals surface area contributed by atoms with Crippen LogP contribution in [0.1, 0.15) is 16.7 Å². The van der Waals surface area contributed by atoms with E-state index in [4.69, 9.17) is 4.74 Å². The molecular formula is C18H19NO2S. The highest BCUT2D eigenvalue weighted by molar-refractivity contribution is 7.79. The lowest BCUT2D eigenvalue weighted by Gasteiger charge is -2.05. The molecule has 0 aromatic heterocycles. The molecule has 1 amide bonds. The van der Waals surface area contributed by atoms with Crippen molar-refractivity contribution in [1.29, 1.82) is 0 Å². The number of alkyl carbamates (subject to hydrolysis) is 1. The van der Waals surface area contributed by atoms with Gasteiger partial charge in [0, 0.05) is 12.3 Å². The lowest BCUT2D eigenvalue weighted by Crippen LogP contribution is -2.24. The largest absolute Gasteiger partial charge is 0.445 e. The Balaban J connectivity index is 1.71. The van der Waals surface area contributed by atoms with E-state index in [0.29, 0.717) is 12.3 Å². The molecule has 2 rings (SSSR count). The van der Waals surface area contributed by atoms with Crippen molar-refractivity contribution in [3.8, 4) is 0 Å². The standard InChI is InChI=1S/C18H19NO2S/c20-18(21-13-16-6-2-1-3-7-16)19-11-5-10-15-8-4-9-17(12-15)14-22/h1-10,12,22H,11,13-14H2,(H,19,20). The lowest BCUT2D eigenvalue weighted by molar-refractivity contribution is 0.141. The number of carbonyl (C=O) groups is 1. The molecule has 0 bridgehead atoms. The van der Waals surface area contributed by atoms with Crippen molar-refractivity contribution in [2.75, 3.05) is 6.54 Å². The van der Waals surface area contributed by atoms with Crippen LogP contribution in [0.5, 0.6) is 0 Å². The maximum absolute atomic E-state index is 11.6. The Morgan fingerprint density at radius 2 is 1.86 bits per heavy atom. The van der Waals surface area contributed by atoms with Gasteiger partial charge in [-0.15, -0.1) is 0 Å². The van der Waals surface area contributed by atoms with Gasteiger partial charge in [-0.2, -0.15) is 12.6 Å². The van der Waals surface area contributed by atoms with Crippen molar-refractivity contribution >= 4 is 24.8 Å². The minimum Gasteiger partial charge on any atom is -0.445 e. The van der Waals surface area contributed by atoms with Gasteiger partial charge in [0.15, 0.2) is 0 Å². The molecule has 0 aliphatic rings. The predicted molar refractivity (Wildman–Crippen MR) is 92.8 cm³/mol. The summed E-state index contributed by atoms with van der Waals surface area (Å²) in [5, 5.41) is 2.69. The van der Waals surface area contributed by atoms with Gasteiger partial charge in [0.1, 0.15) is 6.61 Å². The highest BCUT2D eigenvalue weighted by Gasteiger charge is 2.00. The summed E-state index contributed by atoms with van der Waals surface area (Å²) in [6, 6.07) is 17.7. The molecular weight excluding hydrogens is 294 g/mol. The van der Waals surface area contributed by atoms with E-state index in [1.165, 1.54) is 5.56 Å². The third-order valence-electron chi connectivity index (χ3n) is 3.02. The van der Waals surface area contributed by atoms with Crippen LogP contribution in [0.2, 0.25) is 0 Å². The molecule has 0 saturated heterocycles. The van der Waals surface area contributed by atoms with Crippen LogP contribution in [0.15, 0.2) is 60.7 Å². The minimum absolute atomic E-state index is 0.278. The number of hydrogen-bond donors (Lipinski definition) is 2. The Bertz CT molecular complexity index is 626. The molecule has 0 spiro atoms. The van der Waals surface area contributed by atoms with E-state index in [1.54, 1.807) is 0 Å². The molecule has 0 unspecified atom stereocenters. The number of carbonyl (C=O) groups excluding carboxylic acids is 1. The number of amides is 1. The molecule has 114 valence electrons. The van der Waals surface area contributed by atoms with Crippen molar-refractivity contribution in [3.63, 3.8) is 0 Å². The molecule has 4 heteroatoms. The van der Waals surface area contributed by atoms with Gasteiger partial charge in [-0.05, 0) is 16.7 Å². The van der Waals surface area contributed by atoms with Gasteiger partial charge in [0.2, 0.25) is 0 Å². The SMILES string of the molecule is O=C(NCC=Cc1cccc(CS)c1)OCc1ccccc1. The minimum atomic E-state index is -0.419. The Labute approximate surface area is 136 Å². The first kappa shape index (κ1) is 16.2. The fraction of sp³-hybridized carbons (Fsp3) is 0.167. The van der Waals surface area contributed by atoms with E-state index >= 15 is 0 Å². The third-order valence-corrected chi connectivity index (χ3v) is 3.39. The van der Waals surface area contributed by atoms with Crippen molar-refractivity contribution in [2.24, 2.45) is 0 Å². The number of rotatable bonds is 6. The van der Waals surface area contributed by atoms with Gasteiger partial charge < -0.3 is 10.1 Å². The Morgan fingerprint density at radius 1 is 1.09 bits per heavy atom. The molecule has 0 atom stereocenters. The molecule has 0 radical (unpaired) electrons. The van der Waals surface area contributed by atoms with Crippen LogP contribution in [-0.2, 0) is 17.1 Å². The highest BCUT2D eigenvalue weighted by atomic mass is 32.1. The first-order valence-corrected chi connectivity index (χ1v) is 7.72. The molecule has 2 aromatic rings. The zero-order valence-corrected chi connectivity index (χ0v) is 13.1. The van der Waals surface area contributed by atoms with Crippen molar-refractivity contribution < 1.29 is 9.53 Å². The summed E-state index contributed by atoms with van der Waals surface area (Å²) in [5.41, 5.74) is 3.23. The van der Waals surface area contributed by atoms with E-state index in [-0.39, 0.29) is 6.61 Å². The number of nitrogens with one attached hydrogen (secondary N) is 1.